The number of nitrogens with zero attached hydrogens (tertiary/aromatic N) is 2. The molecule has 172 valence electrons. The standard InChI is InChI=1S/C26H35N3O3/c1-18-6-10-21(11-7-18)29-24(30)15-14-23(26(31)27-19(2)16-17-28(3)4)25(29)20-8-12-22(32-5)13-9-20/h6-13,19,23,25H,14-17H2,1-5H3,(H,27,31). The summed E-state index contributed by atoms with van der Waals surface area (Å²) in [6, 6.07) is 15.3. The van der Waals surface area contributed by atoms with Crippen LogP contribution < -0.4 is 15.0 Å². The molecule has 0 radical (unpaired) electrons. The first kappa shape index (κ1) is 23.8. The van der Waals surface area contributed by atoms with Crippen LogP contribution in [0.4, 0.5) is 5.69 Å². The largest absolute Gasteiger partial charge is 0.497 e. The number of benzene rings is 2. The SMILES string of the molecule is COc1ccc(C2C(C(=O)NC(C)CCN(C)C)CCC(=O)N2c2ccc(C)cc2)cc1. The molecule has 6 nitrogen and oxygen atoms in total. The van der Waals surface area contributed by atoms with Crippen LogP contribution in [0.3, 0.4) is 0 Å². The fraction of sp³-hybridized carbons (Fsp3) is 0.462. The van der Waals surface area contributed by atoms with Gasteiger partial charge in [-0.2, -0.15) is 0 Å². The van der Waals surface area contributed by atoms with E-state index in [1.807, 2.05) is 76.5 Å². The number of anilines is 1. The van der Waals surface area contributed by atoms with Gasteiger partial charge < -0.3 is 19.9 Å². The van der Waals surface area contributed by atoms with Gasteiger partial charge in [0.2, 0.25) is 11.8 Å². The molecule has 3 unspecified atom stereocenters. The first-order valence-corrected chi connectivity index (χ1v) is 11.3. The van der Waals surface area contributed by atoms with Crippen LogP contribution in [0.15, 0.2) is 48.5 Å². The average Bonchev–Trinajstić information content (AvgIpc) is 2.78. The molecule has 3 atom stereocenters. The molecule has 2 aromatic rings. The number of rotatable bonds is 8. The molecule has 2 amide bonds. The lowest BCUT2D eigenvalue weighted by Gasteiger charge is -2.41. The van der Waals surface area contributed by atoms with Crippen molar-refractivity contribution in [3.05, 3.63) is 59.7 Å². The topological polar surface area (TPSA) is 61.9 Å². The second-order valence-electron chi connectivity index (χ2n) is 8.96. The normalized spacial score (nSPS) is 19.7. The third kappa shape index (κ3) is 5.68. The molecular formula is C26H35N3O3. The Hall–Kier alpha value is -2.86. The summed E-state index contributed by atoms with van der Waals surface area (Å²) in [6.07, 6.45) is 1.76. The minimum atomic E-state index is -0.370. The number of nitrogens with one attached hydrogen (secondary N) is 1. The number of piperidine rings is 1. The molecule has 0 aliphatic carbocycles. The third-order valence-corrected chi connectivity index (χ3v) is 6.10. The fourth-order valence-electron chi connectivity index (χ4n) is 4.23. The lowest BCUT2D eigenvalue weighted by molar-refractivity contribution is -0.129. The number of carbonyl (C=O) groups is 2. The molecule has 1 saturated heterocycles. The fourth-order valence-corrected chi connectivity index (χ4v) is 4.23. The number of ether oxygens (including phenoxy) is 1. The molecule has 2 aromatic carbocycles. The maximum absolute atomic E-state index is 13.4. The first-order valence-electron chi connectivity index (χ1n) is 11.3. The zero-order chi connectivity index (χ0) is 23.3. The third-order valence-electron chi connectivity index (χ3n) is 6.10. The summed E-state index contributed by atoms with van der Waals surface area (Å²) in [4.78, 5) is 30.4. The average molecular weight is 438 g/mol. The summed E-state index contributed by atoms with van der Waals surface area (Å²) in [7, 11) is 5.68. The van der Waals surface area contributed by atoms with Crippen molar-refractivity contribution in [1.29, 1.82) is 0 Å². The highest BCUT2D eigenvalue weighted by molar-refractivity contribution is 5.97. The van der Waals surface area contributed by atoms with E-state index in [2.05, 4.69) is 10.2 Å². The molecule has 0 spiro atoms. The van der Waals surface area contributed by atoms with Gasteiger partial charge in [0.1, 0.15) is 5.75 Å². The highest BCUT2D eigenvalue weighted by Gasteiger charge is 2.41. The maximum Gasteiger partial charge on any atom is 0.227 e. The van der Waals surface area contributed by atoms with E-state index in [4.69, 9.17) is 4.74 Å². The van der Waals surface area contributed by atoms with E-state index in [9.17, 15) is 9.59 Å². The van der Waals surface area contributed by atoms with Crippen LogP contribution in [0.1, 0.15) is 43.4 Å². The highest BCUT2D eigenvalue weighted by atomic mass is 16.5. The molecule has 0 saturated carbocycles. The number of hydrogen-bond acceptors (Lipinski definition) is 4. The van der Waals surface area contributed by atoms with E-state index in [0.29, 0.717) is 12.8 Å². The van der Waals surface area contributed by atoms with Crippen LogP contribution in [0.5, 0.6) is 5.75 Å². The molecule has 3 rings (SSSR count). The van der Waals surface area contributed by atoms with E-state index < -0.39 is 0 Å². The Kier molecular flexibility index (Phi) is 7.91. The van der Waals surface area contributed by atoms with E-state index in [1.54, 1.807) is 12.0 Å². The van der Waals surface area contributed by atoms with E-state index in [1.165, 1.54) is 0 Å². The Balaban J connectivity index is 1.94. The Morgan fingerprint density at radius 2 is 1.81 bits per heavy atom. The van der Waals surface area contributed by atoms with E-state index in [-0.39, 0.29) is 29.8 Å². The summed E-state index contributed by atoms with van der Waals surface area (Å²) in [5.41, 5.74) is 2.88. The molecule has 1 N–H and O–H groups in total. The summed E-state index contributed by atoms with van der Waals surface area (Å²) >= 11 is 0. The molecule has 1 fully saturated rings. The van der Waals surface area contributed by atoms with Gasteiger partial charge in [-0.15, -0.1) is 0 Å². The molecule has 1 aliphatic rings. The Labute approximate surface area is 191 Å². The van der Waals surface area contributed by atoms with Crippen LogP contribution in [0.2, 0.25) is 0 Å². The maximum atomic E-state index is 13.4. The Bertz CT molecular complexity index is 909. The van der Waals surface area contributed by atoms with E-state index >= 15 is 0 Å². The van der Waals surface area contributed by atoms with Gasteiger partial charge in [0, 0.05) is 18.2 Å². The lowest BCUT2D eigenvalue weighted by atomic mass is 9.83. The van der Waals surface area contributed by atoms with Crippen molar-refractivity contribution in [2.24, 2.45) is 5.92 Å². The van der Waals surface area contributed by atoms with Crippen LogP contribution in [0.25, 0.3) is 0 Å². The van der Waals surface area contributed by atoms with Gasteiger partial charge in [-0.25, -0.2) is 0 Å². The molecule has 0 aromatic heterocycles. The van der Waals surface area contributed by atoms with Gasteiger partial charge in [-0.1, -0.05) is 29.8 Å². The van der Waals surface area contributed by atoms with Gasteiger partial charge in [0.05, 0.1) is 19.1 Å². The Morgan fingerprint density at radius 3 is 2.41 bits per heavy atom. The molecule has 6 heteroatoms. The second kappa shape index (κ2) is 10.6. The van der Waals surface area contributed by atoms with Gasteiger partial charge in [0.15, 0.2) is 0 Å². The number of amides is 2. The van der Waals surface area contributed by atoms with Gasteiger partial charge in [-0.3, -0.25) is 9.59 Å². The summed E-state index contributed by atoms with van der Waals surface area (Å²) in [5.74, 6) is 0.460. The van der Waals surface area contributed by atoms with Crippen molar-refractivity contribution in [3.8, 4) is 5.75 Å². The molecular weight excluding hydrogens is 402 g/mol. The van der Waals surface area contributed by atoms with Crippen molar-refractivity contribution in [1.82, 2.24) is 10.2 Å². The summed E-state index contributed by atoms with van der Waals surface area (Å²) < 4.78 is 5.31. The number of methoxy groups -OCH3 is 1. The monoisotopic (exact) mass is 437 g/mol. The summed E-state index contributed by atoms with van der Waals surface area (Å²) in [6.45, 7) is 4.96. The number of carbonyl (C=O) groups excluding carboxylic acids is 2. The van der Waals surface area contributed by atoms with Crippen LogP contribution in [-0.2, 0) is 9.59 Å². The van der Waals surface area contributed by atoms with Gasteiger partial charge in [-0.05, 0) is 77.2 Å². The van der Waals surface area contributed by atoms with Gasteiger partial charge in [0.25, 0.3) is 0 Å². The lowest BCUT2D eigenvalue weighted by Crippen LogP contribution is -2.49. The smallest absolute Gasteiger partial charge is 0.227 e. The first-order chi connectivity index (χ1) is 15.3. The predicted octanol–water partition coefficient (Wildman–Crippen LogP) is 3.94. The van der Waals surface area contributed by atoms with Crippen molar-refractivity contribution >= 4 is 17.5 Å². The highest BCUT2D eigenvalue weighted by Crippen LogP contribution is 2.40. The zero-order valence-corrected chi connectivity index (χ0v) is 19.8. The van der Waals surface area contributed by atoms with Crippen molar-refractivity contribution in [2.75, 3.05) is 32.6 Å². The van der Waals surface area contributed by atoms with Crippen molar-refractivity contribution < 1.29 is 14.3 Å². The minimum Gasteiger partial charge on any atom is -0.497 e. The Morgan fingerprint density at radius 1 is 1.16 bits per heavy atom. The molecule has 1 heterocycles. The molecule has 32 heavy (non-hydrogen) atoms. The number of hydrogen-bond donors (Lipinski definition) is 1. The quantitative estimate of drug-likeness (QED) is 0.679. The van der Waals surface area contributed by atoms with Crippen molar-refractivity contribution in [2.45, 2.75) is 45.2 Å². The minimum absolute atomic E-state index is 0.00156. The van der Waals surface area contributed by atoms with Crippen molar-refractivity contribution in [3.63, 3.8) is 0 Å². The molecule has 1 aliphatic heterocycles. The second-order valence-corrected chi connectivity index (χ2v) is 8.96. The van der Waals surface area contributed by atoms with Crippen LogP contribution >= 0.6 is 0 Å². The van der Waals surface area contributed by atoms with Crippen LogP contribution in [0, 0.1) is 12.8 Å². The van der Waals surface area contributed by atoms with Crippen LogP contribution in [-0.4, -0.2) is 50.5 Å². The van der Waals surface area contributed by atoms with E-state index in [0.717, 1.165) is 35.5 Å². The predicted molar refractivity (Wildman–Crippen MR) is 128 cm³/mol. The van der Waals surface area contributed by atoms with Gasteiger partial charge >= 0.3 is 0 Å². The molecule has 0 bridgehead atoms. The summed E-state index contributed by atoms with van der Waals surface area (Å²) in [5, 5.41) is 3.19. The number of aryl methyl sites for hydroxylation is 1. The zero-order valence-electron chi connectivity index (χ0n) is 19.8.